The lowest BCUT2D eigenvalue weighted by Gasteiger charge is -2.01. The van der Waals surface area contributed by atoms with E-state index in [-0.39, 0.29) is 5.44 Å². The lowest BCUT2D eigenvalue weighted by molar-refractivity contribution is 0.284. The van der Waals surface area contributed by atoms with Crippen LogP contribution in [0.25, 0.3) is 0 Å². The van der Waals surface area contributed by atoms with Crippen LogP contribution < -0.4 is 0 Å². The zero-order chi connectivity index (χ0) is 7.40. The minimum Gasteiger partial charge on any atom is -0.382 e. The number of hydrogen-bond acceptors (Lipinski definition) is 2. The first-order chi connectivity index (χ1) is 4.79. The van der Waals surface area contributed by atoms with Crippen molar-refractivity contribution in [1.82, 2.24) is 0 Å². The summed E-state index contributed by atoms with van der Waals surface area (Å²) in [5.41, 5.74) is -0.317. The maximum Gasteiger partial charge on any atom is 0.101 e. The summed E-state index contributed by atoms with van der Waals surface area (Å²) in [6, 6.07) is 9.86. The van der Waals surface area contributed by atoms with Crippen molar-refractivity contribution in [2.24, 2.45) is 0 Å². The third-order valence-electron chi connectivity index (χ3n) is 1.05. The highest BCUT2D eigenvalue weighted by atomic mass is 32.2. The van der Waals surface area contributed by atoms with Crippen molar-refractivity contribution >= 4 is 11.8 Å². The van der Waals surface area contributed by atoms with Crippen LogP contribution in [-0.4, -0.2) is 10.5 Å². The summed E-state index contributed by atoms with van der Waals surface area (Å²) >= 11 is 1.45. The summed E-state index contributed by atoms with van der Waals surface area (Å²) in [6.07, 6.45) is 0. The maximum absolute atomic E-state index is 8.97. The molecule has 10 heavy (non-hydrogen) atoms. The van der Waals surface area contributed by atoms with Gasteiger partial charge in [-0.1, -0.05) is 30.0 Å². The first kappa shape index (κ1) is 7.63. The number of aliphatic hydroxyl groups excluding tert-OH is 1. The molecule has 0 saturated heterocycles. The van der Waals surface area contributed by atoms with E-state index in [1.54, 1.807) is 6.92 Å². The molecule has 1 nitrogen and oxygen atoms in total. The first-order valence-corrected chi connectivity index (χ1v) is 4.07. The number of hydrogen-bond donors (Lipinski definition) is 1. The molecule has 0 aliphatic rings. The minimum absolute atomic E-state index is 0.317. The molecule has 0 radical (unpaired) electrons. The predicted molar refractivity (Wildman–Crippen MR) is 44.0 cm³/mol. The van der Waals surface area contributed by atoms with Crippen molar-refractivity contribution < 1.29 is 5.11 Å². The van der Waals surface area contributed by atoms with Gasteiger partial charge in [-0.05, 0) is 19.1 Å². The molecule has 0 amide bonds. The molecule has 0 saturated carbocycles. The molecule has 0 heterocycles. The largest absolute Gasteiger partial charge is 0.382 e. The Morgan fingerprint density at radius 2 is 1.90 bits per heavy atom. The smallest absolute Gasteiger partial charge is 0.101 e. The van der Waals surface area contributed by atoms with E-state index in [1.165, 1.54) is 11.8 Å². The molecular formula is C8H10OS. The Kier molecular flexibility index (Phi) is 2.78. The van der Waals surface area contributed by atoms with Crippen molar-refractivity contribution in [2.75, 3.05) is 0 Å². The third kappa shape index (κ3) is 2.42. The Bertz CT molecular complexity index is 184. The topological polar surface area (TPSA) is 20.2 Å². The summed E-state index contributed by atoms with van der Waals surface area (Å²) in [7, 11) is 0. The number of rotatable bonds is 2. The molecule has 1 unspecified atom stereocenters. The Balaban J connectivity index is 2.59. The van der Waals surface area contributed by atoms with E-state index in [4.69, 9.17) is 5.11 Å². The van der Waals surface area contributed by atoms with Gasteiger partial charge in [0.15, 0.2) is 0 Å². The van der Waals surface area contributed by atoms with Crippen LogP contribution in [0.2, 0.25) is 0 Å². The van der Waals surface area contributed by atoms with Crippen molar-refractivity contribution in [3.8, 4) is 0 Å². The summed E-state index contributed by atoms with van der Waals surface area (Å²) in [5.74, 6) is 0. The molecule has 1 rings (SSSR count). The number of thioether (sulfide) groups is 1. The lowest BCUT2D eigenvalue weighted by atomic mass is 10.4. The number of aliphatic hydroxyl groups is 1. The number of benzene rings is 1. The molecule has 1 aromatic rings. The molecule has 0 aliphatic heterocycles. The van der Waals surface area contributed by atoms with Gasteiger partial charge in [-0.3, -0.25) is 0 Å². The van der Waals surface area contributed by atoms with Crippen LogP contribution in [0.4, 0.5) is 0 Å². The van der Waals surface area contributed by atoms with Gasteiger partial charge >= 0.3 is 0 Å². The normalized spacial score (nSPS) is 13.0. The Labute approximate surface area is 65.1 Å². The van der Waals surface area contributed by atoms with Crippen molar-refractivity contribution in [1.29, 1.82) is 0 Å². The van der Waals surface area contributed by atoms with E-state index in [0.717, 1.165) is 4.90 Å². The highest BCUT2D eigenvalue weighted by molar-refractivity contribution is 7.99. The van der Waals surface area contributed by atoms with Crippen LogP contribution in [-0.2, 0) is 0 Å². The van der Waals surface area contributed by atoms with Gasteiger partial charge < -0.3 is 5.11 Å². The molecule has 0 bridgehead atoms. The van der Waals surface area contributed by atoms with E-state index < -0.39 is 0 Å². The molecule has 1 N–H and O–H groups in total. The summed E-state index contributed by atoms with van der Waals surface area (Å²) in [4.78, 5) is 1.11. The second-order valence-corrected chi connectivity index (χ2v) is 3.42. The van der Waals surface area contributed by atoms with E-state index >= 15 is 0 Å². The minimum atomic E-state index is -0.317. The standard InChI is InChI=1S/C8H10OS/c1-7(9)10-8-5-3-2-4-6-8/h2-7,9H,1H3. The lowest BCUT2D eigenvalue weighted by Crippen LogP contribution is -1.89. The van der Waals surface area contributed by atoms with Crippen LogP contribution in [0.15, 0.2) is 35.2 Å². The molecule has 0 aliphatic carbocycles. The third-order valence-corrected chi connectivity index (χ3v) is 1.94. The van der Waals surface area contributed by atoms with Crippen LogP contribution in [0.3, 0.4) is 0 Å². The Morgan fingerprint density at radius 3 is 2.40 bits per heavy atom. The molecule has 0 spiro atoms. The van der Waals surface area contributed by atoms with E-state index in [9.17, 15) is 0 Å². The molecule has 0 fully saturated rings. The van der Waals surface area contributed by atoms with Gasteiger partial charge in [0, 0.05) is 4.90 Å². The molecule has 54 valence electrons. The second kappa shape index (κ2) is 3.64. The van der Waals surface area contributed by atoms with Gasteiger partial charge in [-0.25, -0.2) is 0 Å². The van der Waals surface area contributed by atoms with Gasteiger partial charge in [-0.2, -0.15) is 0 Å². The fraction of sp³-hybridized carbons (Fsp3) is 0.250. The highest BCUT2D eigenvalue weighted by Gasteiger charge is 1.95. The van der Waals surface area contributed by atoms with Gasteiger partial charge in [-0.15, -0.1) is 0 Å². The van der Waals surface area contributed by atoms with Gasteiger partial charge in [0.2, 0.25) is 0 Å². The van der Waals surface area contributed by atoms with Gasteiger partial charge in [0.1, 0.15) is 5.44 Å². The molecule has 2 heteroatoms. The molecule has 1 aromatic carbocycles. The Hall–Kier alpha value is -0.470. The molecule has 0 aromatic heterocycles. The average Bonchev–Trinajstić information content (AvgIpc) is 1.88. The zero-order valence-electron chi connectivity index (χ0n) is 5.82. The average molecular weight is 154 g/mol. The SMILES string of the molecule is CC(O)Sc1ccccc1. The maximum atomic E-state index is 8.97. The highest BCUT2D eigenvalue weighted by Crippen LogP contribution is 2.20. The van der Waals surface area contributed by atoms with Crippen LogP contribution in [0.5, 0.6) is 0 Å². The van der Waals surface area contributed by atoms with Crippen LogP contribution in [0, 0.1) is 0 Å². The fourth-order valence-corrected chi connectivity index (χ4v) is 1.40. The predicted octanol–water partition coefficient (Wildman–Crippen LogP) is 2.12. The summed E-state index contributed by atoms with van der Waals surface area (Å²) in [6.45, 7) is 1.76. The first-order valence-electron chi connectivity index (χ1n) is 3.19. The summed E-state index contributed by atoms with van der Waals surface area (Å²) in [5, 5.41) is 8.97. The van der Waals surface area contributed by atoms with Crippen LogP contribution in [0.1, 0.15) is 6.92 Å². The second-order valence-electron chi connectivity index (χ2n) is 2.03. The van der Waals surface area contributed by atoms with E-state index in [2.05, 4.69) is 0 Å². The van der Waals surface area contributed by atoms with Crippen molar-refractivity contribution in [2.45, 2.75) is 17.3 Å². The molecule has 1 atom stereocenters. The fourth-order valence-electron chi connectivity index (χ4n) is 0.696. The summed E-state index contributed by atoms with van der Waals surface area (Å²) < 4.78 is 0. The monoisotopic (exact) mass is 154 g/mol. The Morgan fingerprint density at radius 1 is 1.30 bits per heavy atom. The molecular weight excluding hydrogens is 144 g/mol. The van der Waals surface area contributed by atoms with Crippen LogP contribution >= 0.6 is 11.8 Å². The van der Waals surface area contributed by atoms with Crippen molar-refractivity contribution in [3.63, 3.8) is 0 Å². The van der Waals surface area contributed by atoms with E-state index in [0.29, 0.717) is 0 Å². The quantitative estimate of drug-likeness (QED) is 0.520. The zero-order valence-corrected chi connectivity index (χ0v) is 6.64. The van der Waals surface area contributed by atoms with E-state index in [1.807, 2.05) is 30.3 Å². The van der Waals surface area contributed by atoms with Crippen molar-refractivity contribution in [3.05, 3.63) is 30.3 Å². The van der Waals surface area contributed by atoms with Gasteiger partial charge in [0.05, 0.1) is 0 Å². The van der Waals surface area contributed by atoms with Gasteiger partial charge in [0.25, 0.3) is 0 Å².